The van der Waals surface area contributed by atoms with Gasteiger partial charge in [-0.3, -0.25) is 23.8 Å². The maximum Gasteiger partial charge on any atom is 0.286 e. The van der Waals surface area contributed by atoms with E-state index < -0.39 is 39.2 Å². The van der Waals surface area contributed by atoms with Crippen LogP contribution >= 0.6 is 11.6 Å². The van der Waals surface area contributed by atoms with Gasteiger partial charge in [-0.25, -0.2) is 4.21 Å². The van der Waals surface area contributed by atoms with Gasteiger partial charge in [0.2, 0.25) is 5.88 Å². The van der Waals surface area contributed by atoms with Gasteiger partial charge in [-0.2, -0.15) is 0 Å². The summed E-state index contributed by atoms with van der Waals surface area (Å²) in [4.78, 5) is 42.3. The van der Waals surface area contributed by atoms with Gasteiger partial charge in [-0.1, -0.05) is 31.2 Å². The first kappa shape index (κ1) is 38.5. The highest BCUT2D eigenvalue weighted by Gasteiger charge is 2.44. The van der Waals surface area contributed by atoms with Crippen LogP contribution in [-0.4, -0.2) is 77.4 Å². The van der Waals surface area contributed by atoms with Gasteiger partial charge in [-0.15, -0.1) is 9.46 Å². The number of halogens is 1. The molecule has 0 saturated heterocycles. The second kappa shape index (κ2) is 15.6. The van der Waals surface area contributed by atoms with Crippen LogP contribution in [0, 0.1) is 17.8 Å². The molecule has 2 aliphatic carbocycles. The first-order chi connectivity index (χ1) is 25.3. The Bertz CT molecular complexity index is 2040. The third-order valence-electron chi connectivity index (χ3n) is 11.1. The molecule has 14 heteroatoms. The Balaban J connectivity index is 1.38. The second-order valence-corrected chi connectivity index (χ2v) is 17.0. The van der Waals surface area contributed by atoms with Crippen molar-refractivity contribution < 1.29 is 32.8 Å². The number of methoxy groups -OCH3 is 2. The average Bonchev–Trinajstić information content (AvgIpc) is 3.44. The number of nitrogens with zero attached hydrogens (tertiary/aromatic N) is 4. The first-order valence-corrected chi connectivity index (χ1v) is 20.0. The molecular weight excluding hydrogens is 718 g/mol. The Morgan fingerprint density at radius 1 is 1.21 bits per heavy atom. The fraction of sp³-hybridized carbons (Fsp3) is 0.487. The van der Waals surface area contributed by atoms with Crippen molar-refractivity contribution in [1.82, 2.24) is 14.5 Å². The average molecular weight is 766 g/mol. The molecule has 6 rings (SSSR count). The lowest BCUT2D eigenvalue weighted by atomic mass is 9.68. The molecule has 12 nitrogen and oxygen atoms in total. The van der Waals surface area contributed by atoms with Gasteiger partial charge in [0, 0.05) is 55.4 Å². The summed E-state index contributed by atoms with van der Waals surface area (Å²) >= 11 is 6.44. The molecule has 1 saturated carbocycles. The number of ether oxygens (including phenoxy) is 3. The number of rotatable bonds is 12. The van der Waals surface area contributed by atoms with Crippen LogP contribution in [0.3, 0.4) is 0 Å². The summed E-state index contributed by atoms with van der Waals surface area (Å²) in [6, 6.07) is 11.2. The van der Waals surface area contributed by atoms with Crippen molar-refractivity contribution in [3.63, 3.8) is 0 Å². The molecular formula is C39H48ClN5O7S. The predicted octanol–water partition coefficient (Wildman–Crippen LogP) is 5.96. The molecule has 1 N–H and O–H groups in total. The Morgan fingerprint density at radius 2 is 2.00 bits per heavy atom. The molecule has 1 spiro atoms. The lowest BCUT2D eigenvalue weighted by molar-refractivity contribution is -0.117. The van der Waals surface area contributed by atoms with Crippen LogP contribution in [0.25, 0.3) is 0 Å². The number of aromatic nitrogens is 2. The van der Waals surface area contributed by atoms with Gasteiger partial charge in [0.1, 0.15) is 21.2 Å². The van der Waals surface area contributed by atoms with E-state index >= 15 is 0 Å². The number of carbonyl (C=O) groups is 3. The number of hydrogen-bond acceptors (Lipinski definition) is 9. The minimum Gasteiger partial charge on any atom is -0.490 e. The van der Waals surface area contributed by atoms with E-state index in [2.05, 4.69) is 44.7 Å². The molecule has 0 radical (unpaired) electrons. The van der Waals surface area contributed by atoms with Crippen molar-refractivity contribution in [3.8, 4) is 11.6 Å². The molecule has 1 fully saturated rings. The van der Waals surface area contributed by atoms with E-state index in [1.165, 1.54) is 29.1 Å². The maximum atomic E-state index is 14.4. The van der Waals surface area contributed by atoms with Crippen molar-refractivity contribution in [1.29, 1.82) is 0 Å². The second-order valence-electron chi connectivity index (χ2n) is 14.6. The molecule has 1 aromatic heterocycles. The molecule has 2 aromatic carbocycles. The van der Waals surface area contributed by atoms with Crippen LogP contribution in [0.5, 0.6) is 11.6 Å². The van der Waals surface area contributed by atoms with Crippen LogP contribution in [-0.2, 0) is 38.3 Å². The Labute approximate surface area is 316 Å². The zero-order chi connectivity index (χ0) is 38.1. The molecule has 3 aromatic rings. The smallest absolute Gasteiger partial charge is 0.286 e. The van der Waals surface area contributed by atoms with Crippen LogP contribution in [0.4, 0.5) is 5.69 Å². The van der Waals surface area contributed by atoms with Gasteiger partial charge < -0.3 is 19.1 Å². The zero-order valence-corrected chi connectivity index (χ0v) is 32.5. The highest BCUT2D eigenvalue weighted by Crippen LogP contribution is 2.47. The SMILES string of the molecule is C=CC(=O)[C@H](C)C[S@](=O)(=NC(=O)c1ccc2c(c1)N(C[C@@H]1CC[C@H]1[C@H](C)OC)C[C@@]1(CCCc3cc(Cl)ccc31)CO2)NC(=O)c1cn(C)nc1OC. The van der Waals surface area contributed by atoms with Gasteiger partial charge in [-0.05, 0) is 98.4 Å². The Morgan fingerprint density at radius 3 is 2.70 bits per heavy atom. The van der Waals surface area contributed by atoms with E-state index in [9.17, 15) is 18.6 Å². The molecule has 53 heavy (non-hydrogen) atoms. The molecule has 2 heterocycles. The van der Waals surface area contributed by atoms with Crippen LogP contribution in [0.15, 0.2) is 59.6 Å². The number of allylic oxidation sites excluding steroid dienone is 1. The standard InChI is InChI=1S/C39H48ClN5O7S/c1-7-34(46)24(2)21-53(49,43-37(48)31-20-44(4)41-38(31)51-6)42-36(47)27-11-15-35-33(18-27)45(19-28-10-13-30(28)25(3)50-5)22-39(23-52-35)16-8-9-26-17-29(40)12-14-32(26)39/h7,11-12,14-15,17-18,20,24-25,28,30H,1,8-10,13,16,19,21-23H2,2-6H3,(H,42,43,47,48,49)/t24-,25+,28+,30+,39+,53+/m1/s1. The number of carbonyl (C=O) groups excluding carboxylic acids is 3. The summed E-state index contributed by atoms with van der Waals surface area (Å²) in [6.07, 6.45) is 7.64. The number of aryl methyl sites for hydroxylation is 2. The van der Waals surface area contributed by atoms with Crippen LogP contribution in [0.2, 0.25) is 5.02 Å². The molecule has 1 aliphatic heterocycles. The molecule has 6 atom stereocenters. The summed E-state index contributed by atoms with van der Waals surface area (Å²) < 4.78 is 39.9. The zero-order valence-electron chi connectivity index (χ0n) is 30.9. The van der Waals surface area contributed by atoms with Crippen molar-refractivity contribution in [2.75, 3.05) is 44.6 Å². The van der Waals surface area contributed by atoms with Gasteiger partial charge in [0.15, 0.2) is 5.78 Å². The minimum absolute atomic E-state index is 0.00322. The highest BCUT2D eigenvalue weighted by molar-refractivity contribution is 7.92. The Kier molecular flexibility index (Phi) is 11.4. The molecule has 2 amide bonds. The number of nitrogens with one attached hydrogen (secondary N) is 1. The van der Waals surface area contributed by atoms with E-state index in [0.29, 0.717) is 35.8 Å². The largest absolute Gasteiger partial charge is 0.490 e. The number of ketones is 1. The monoisotopic (exact) mass is 765 g/mol. The van der Waals surface area contributed by atoms with E-state index in [0.717, 1.165) is 50.4 Å². The van der Waals surface area contributed by atoms with E-state index in [1.807, 2.05) is 6.07 Å². The topological polar surface area (TPSA) is 141 Å². The van der Waals surface area contributed by atoms with Gasteiger partial charge in [0.05, 0.1) is 31.3 Å². The van der Waals surface area contributed by atoms with Crippen molar-refractivity contribution in [3.05, 3.63) is 82.5 Å². The first-order valence-electron chi connectivity index (χ1n) is 18.0. The maximum absolute atomic E-state index is 14.4. The van der Waals surface area contributed by atoms with Crippen molar-refractivity contribution in [2.45, 2.75) is 57.5 Å². The van der Waals surface area contributed by atoms with Gasteiger partial charge in [0.25, 0.3) is 11.8 Å². The number of anilines is 1. The fourth-order valence-corrected chi connectivity index (χ4v) is 10.0. The summed E-state index contributed by atoms with van der Waals surface area (Å²) in [7, 11) is 0.865. The molecule has 284 valence electrons. The summed E-state index contributed by atoms with van der Waals surface area (Å²) in [5.74, 6) is -1.86. The third-order valence-corrected chi connectivity index (χ3v) is 13.2. The predicted molar refractivity (Wildman–Crippen MR) is 204 cm³/mol. The van der Waals surface area contributed by atoms with E-state index in [-0.39, 0.29) is 28.5 Å². The fourth-order valence-electron chi connectivity index (χ4n) is 8.03. The molecule has 0 bridgehead atoms. The van der Waals surface area contributed by atoms with Crippen LogP contribution < -0.4 is 19.1 Å². The van der Waals surface area contributed by atoms with E-state index in [1.54, 1.807) is 39.3 Å². The summed E-state index contributed by atoms with van der Waals surface area (Å²) in [5, 5.41) is 4.80. The quantitative estimate of drug-likeness (QED) is 0.221. The van der Waals surface area contributed by atoms with Crippen molar-refractivity contribution >= 4 is 44.8 Å². The summed E-state index contributed by atoms with van der Waals surface area (Å²) in [5.41, 5.74) is 3.07. The highest BCUT2D eigenvalue weighted by atomic mass is 35.5. The number of hydrogen-bond donors (Lipinski definition) is 1. The van der Waals surface area contributed by atoms with E-state index in [4.69, 9.17) is 25.8 Å². The Hall–Kier alpha value is -4.20. The third kappa shape index (κ3) is 8.02. The van der Waals surface area contributed by atoms with Crippen molar-refractivity contribution in [2.24, 2.45) is 29.2 Å². The number of benzene rings is 2. The summed E-state index contributed by atoms with van der Waals surface area (Å²) in [6.45, 7) is 9.03. The van der Waals surface area contributed by atoms with Gasteiger partial charge >= 0.3 is 0 Å². The lowest BCUT2D eigenvalue weighted by Gasteiger charge is -2.45. The van der Waals surface area contributed by atoms with Crippen LogP contribution in [0.1, 0.15) is 71.4 Å². The normalized spacial score (nSPS) is 22.8. The number of fused-ring (bicyclic) bond motifs is 3. The molecule has 3 aliphatic rings. The number of amides is 2. The lowest BCUT2D eigenvalue weighted by Crippen LogP contribution is -2.49. The molecule has 0 unspecified atom stereocenters. The minimum atomic E-state index is -3.84.